The van der Waals surface area contributed by atoms with Gasteiger partial charge in [0.2, 0.25) is 5.91 Å². The minimum atomic E-state index is -0.869. The fraction of sp³-hybridized carbons (Fsp3) is 0.476. The number of carbonyl (C=O) groups is 3. The Kier molecular flexibility index (Phi) is 4.40. The molecule has 1 unspecified atom stereocenters. The van der Waals surface area contributed by atoms with E-state index in [-0.39, 0.29) is 24.3 Å². The van der Waals surface area contributed by atoms with E-state index in [1.807, 2.05) is 31.2 Å². The van der Waals surface area contributed by atoms with Crippen molar-refractivity contribution in [3.8, 4) is 0 Å². The minimum absolute atomic E-state index is 0.172. The average Bonchev–Trinajstić information content (AvgIpc) is 3.45. The molecule has 4 rings (SSSR count). The van der Waals surface area contributed by atoms with E-state index in [2.05, 4.69) is 5.32 Å². The number of urea groups is 1. The summed E-state index contributed by atoms with van der Waals surface area (Å²) < 4.78 is 5.89. The van der Waals surface area contributed by atoms with Crippen molar-refractivity contribution in [1.29, 1.82) is 0 Å². The number of rotatable bonds is 6. The molecule has 1 saturated heterocycles. The molecule has 2 heterocycles. The maximum absolute atomic E-state index is 12.8. The van der Waals surface area contributed by atoms with Gasteiger partial charge in [-0.05, 0) is 31.7 Å². The van der Waals surface area contributed by atoms with Crippen molar-refractivity contribution in [2.24, 2.45) is 5.92 Å². The van der Waals surface area contributed by atoms with Crippen LogP contribution in [0.15, 0.2) is 28.7 Å². The van der Waals surface area contributed by atoms with Crippen LogP contribution in [-0.2, 0) is 22.6 Å². The Morgan fingerprint density at radius 1 is 1.32 bits per heavy atom. The van der Waals surface area contributed by atoms with E-state index in [4.69, 9.17) is 4.42 Å². The molecule has 0 spiro atoms. The van der Waals surface area contributed by atoms with Crippen molar-refractivity contribution in [2.45, 2.75) is 45.2 Å². The molecule has 2 aliphatic rings. The van der Waals surface area contributed by atoms with Crippen LogP contribution in [0.2, 0.25) is 0 Å². The second kappa shape index (κ2) is 6.65. The van der Waals surface area contributed by atoms with Gasteiger partial charge in [0.15, 0.2) is 0 Å². The predicted octanol–water partition coefficient (Wildman–Crippen LogP) is 2.67. The van der Waals surface area contributed by atoms with E-state index in [0.29, 0.717) is 6.54 Å². The average molecular weight is 383 g/mol. The molecule has 4 amide bonds. The van der Waals surface area contributed by atoms with Gasteiger partial charge in [0.25, 0.3) is 5.91 Å². The van der Waals surface area contributed by atoms with E-state index in [1.165, 1.54) is 0 Å². The van der Waals surface area contributed by atoms with Crippen molar-refractivity contribution in [1.82, 2.24) is 15.1 Å². The number of likely N-dealkylation sites (N-methyl/N-ethyl adjacent to an activating group) is 1. The minimum Gasteiger partial charge on any atom is -0.461 e. The molecule has 0 bridgehead atoms. The summed E-state index contributed by atoms with van der Waals surface area (Å²) in [6.45, 7) is 3.88. The number of nitrogens with zero attached hydrogens (tertiary/aromatic N) is 2. The lowest BCUT2D eigenvalue weighted by molar-refractivity contribution is -0.138. The van der Waals surface area contributed by atoms with Crippen molar-refractivity contribution >= 4 is 28.8 Å². The van der Waals surface area contributed by atoms with E-state index in [9.17, 15) is 14.4 Å². The number of imide groups is 1. The Hall–Kier alpha value is -2.83. The van der Waals surface area contributed by atoms with Gasteiger partial charge in [-0.15, -0.1) is 0 Å². The zero-order chi connectivity index (χ0) is 20.1. The zero-order valence-corrected chi connectivity index (χ0v) is 16.4. The van der Waals surface area contributed by atoms with Gasteiger partial charge >= 0.3 is 6.03 Å². The SMILES string of the molecule is CCc1oc2ccccc2c1CN(C)C(=O)CN1C(=O)NC(C)(C2CC2)C1=O. The Balaban J connectivity index is 1.49. The highest BCUT2D eigenvalue weighted by atomic mass is 16.3. The summed E-state index contributed by atoms with van der Waals surface area (Å²) in [4.78, 5) is 40.4. The summed E-state index contributed by atoms with van der Waals surface area (Å²) in [5.74, 6) is 0.434. The Labute approximate surface area is 163 Å². The number of hydrogen-bond donors (Lipinski definition) is 1. The van der Waals surface area contributed by atoms with E-state index in [0.717, 1.165) is 46.5 Å². The third-order valence-corrected chi connectivity index (χ3v) is 5.91. The molecule has 1 N–H and O–H groups in total. The van der Waals surface area contributed by atoms with Crippen LogP contribution in [0.3, 0.4) is 0 Å². The lowest BCUT2D eigenvalue weighted by Crippen LogP contribution is -2.47. The molecule has 28 heavy (non-hydrogen) atoms. The quantitative estimate of drug-likeness (QED) is 0.778. The molecule has 148 valence electrons. The zero-order valence-electron chi connectivity index (χ0n) is 16.4. The molecular formula is C21H25N3O4. The topological polar surface area (TPSA) is 82.9 Å². The molecular weight excluding hydrogens is 358 g/mol. The van der Waals surface area contributed by atoms with Crippen LogP contribution in [0.25, 0.3) is 11.0 Å². The molecule has 7 nitrogen and oxygen atoms in total. The molecule has 1 atom stereocenters. The van der Waals surface area contributed by atoms with Crippen LogP contribution < -0.4 is 5.32 Å². The number of aryl methyl sites for hydroxylation is 1. The molecule has 1 aliphatic carbocycles. The van der Waals surface area contributed by atoms with Gasteiger partial charge in [0.1, 0.15) is 23.4 Å². The summed E-state index contributed by atoms with van der Waals surface area (Å²) in [6, 6.07) is 7.26. The number of benzene rings is 1. The molecule has 0 radical (unpaired) electrons. The second-order valence-electron chi connectivity index (χ2n) is 7.90. The van der Waals surface area contributed by atoms with Crippen LogP contribution >= 0.6 is 0 Å². The Morgan fingerprint density at radius 3 is 2.71 bits per heavy atom. The predicted molar refractivity (Wildman–Crippen MR) is 103 cm³/mol. The highest BCUT2D eigenvalue weighted by Gasteiger charge is 2.56. The molecule has 1 aromatic heterocycles. The summed E-state index contributed by atoms with van der Waals surface area (Å²) in [5, 5.41) is 3.76. The maximum atomic E-state index is 12.8. The summed E-state index contributed by atoms with van der Waals surface area (Å²) in [5.41, 5.74) is 0.893. The first-order valence-electron chi connectivity index (χ1n) is 9.72. The number of furan rings is 1. The number of nitrogens with one attached hydrogen (secondary N) is 1. The van der Waals surface area contributed by atoms with Gasteiger partial charge in [-0.1, -0.05) is 25.1 Å². The highest BCUT2D eigenvalue weighted by Crippen LogP contribution is 2.42. The van der Waals surface area contributed by atoms with Crippen molar-refractivity contribution in [3.05, 3.63) is 35.6 Å². The van der Waals surface area contributed by atoms with Gasteiger partial charge < -0.3 is 14.6 Å². The second-order valence-corrected chi connectivity index (χ2v) is 7.90. The standard InChI is InChI=1S/C21H25N3O4/c1-4-16-15(14-7-5-6-8-17(14)28-16)11-23(3)18(25)12-24-19(26)21(2,13-9-10-13)22-20(24)27/h5-8,13H,4,9-12H2,1-3H3,(H,22,27). The van der Waals surface area contributed by atoms with Crippen molar-refractivity contribution < 1.29 is 18.8 Å². The molecule has 1 aliphatic heterocycles. The normalized spacial score (nSPS) is 22.0. The number of carbonyl (C=O) groups excluding carboxylic acids is 3. The van der Waals surface area contributed by atoms with Crippen LogP contribution in [0.1, 0.15) is 38.0 Å². The molecule has 2 aromatic rings. The highest BCUT2D eigenvalue weighted by molar-refractivity contribution is 6.09. The van der Waals surface area contributed by atoms with Gasteiger partial charge in [-0.3, -0.25) is 14.5 Å². The largest absolute Gasteiger partial charge is 0.461 e. The summed E-state index contributed by atoms with van der Waals surface area (Å²) >= 11 is 0. The van der Waals surface area contributed by atoms with Crippen LogP contribution in [0.5, 0.6) is 0 Å². The van der Waals surface area contributed by atoms with Crippen molar-refractivity contribution in [2.75, 3.05) is 13.6 Å². The monoisotopic (exact) mass is 383 g/mol. The maximum Gasteiger partial charge on any atom is 0.325 e. The van der Waals surface area contributed by atoms with E-state index >= 15 is 0 Å². The lowest BCUT2D eigenvalue weighted by Gasteiger charge is -2.22. The summed E-state index contributed by atoms with van der Waals surface area (Å²) in [6.07, 6.45) is 2.58. The lowest BCUT2D eigenvalue weighted by atomic mass is 9.96. The molecule has 2 fully saturated rings. The number of para-hydroxylation sites is 1. The van der Waals surface area contributed by atoms with Crippen molar-refractivity contribution in [3.63, 3.8) is 0 Å². The van der Waals surface area contributed by atoms with Crippen LogP contribution in [0, 0.1) is 5.92 Å². The van der Waals surface area contributed by atoms with Gasteiger partial charge in [-0.25, -0.2) is 4.79 Å². The summed E-state index contributed by atoms with van der Waals surface area (Å²) in [7, 11) is 1.68. The Morgan fingerprint density at radius 2 is 2.04 bits per heavy atom. The van der Waals surface area contributed by atoms with E-state index in [1.54, 1.807) is 18.9 Å². The van der Waals surface area contributed by atoms with E-state index < -0.39 is 11.6 Å². The third-order valence-electron chi connectivity index (χ3n) is 5.91. The molecule has 1 aromatic carbocycles. The van der Waals surface area contributed by atoms with Crippen LogP contribution in [-0.4, -0.2) is 46.8 Å². The van der Waals surface area contributed by atoms with Gasteiger partial charge in [0, 0.05) is 31.0 Å². The third kappa shape index (κ3) is 2.95. The molecule has 7 heteroatoms. The Bertz CT molecular complexity index is 962. The van der Waals surface area contributed by atoms with Gasteiger partial charge in [-0.2, -0.15) is 0 Å². The molecule has 1 saturated carbocycles. The first kappa shape index (κ1) is 18.5. The fourth-order valence-electron chi connectivity index (χ4n) is 3.99. The number of hydrogen-bond acceptors (Lipinski definition) is 4. The first-order valence-corrected chi connectivity index (χ1v) is 9.72. The first-order chi connectivity index (χ1) is 13.3. The number of fused-ring (bicyclic) bond motifs is 1. The smallest absolute Gasteiger partial charge is 0.325 e. The fourth-order valence-corrected chi connectivity index (χ4v) is 3.99. The number of amides is 4. The van der Waals surface area contributed by atoms with Gasteiger partial charge in [0.05, 0.1) is 0 Å². The van der Waals surface area contributed by atoms with Crippen LogP contribution in [0.4, 0.5) is 4.79 Å².